The first-order chi connectivity index (χ1) is 8.76. The number of hydrogen-bond acceptors (Lipinski definition) is 3. The number of halogens is 1. The summed E-state index contributed by atoms with van der Waals surface area (Å²) in [6, 6.07) is 0. The SMILES string of the molecule is CC/C=C(NN)\C(C)=C/COC/C=C\C=C/CF. The number of ether oxygens (including phenoxy) is 1. The lowest BCUT2D eigenvalue weighted by molar-refractivity contribution is 0.193. The molecule has 0 fully saturated rings. The van der Waals surface area contributed by atoms with Crippen LogP contribution in [-0.4, -0.2) is 19.9 Å². The highest BCUT2D eigenvalue weighted by Crippen LogP contribution is 2.05. The lowest BCUT2D eigenvalue weighted by atomic mass is 10.2. The van der Waals surface area contributed by atoms with Crippen molar-refractivity contribution in [1.29, 1.82) is 0 Å². The zero-order valence-electron chi connectivity index (χ0n) is 11.2. The second-order valence-corrected chi connectivity index (χ2v) is 3.61. The molecule has 0 saturated carbocycles. The molecule has 0 heterocycles. The minimum atomic E-state index is -0.439. The lowest BCUT2D eigenvalue weighted by Crippen LogP contribution is -2.21. The Bertz CT molecular complexity index is 320. The number of nitrogens with one attached hydrogen (secondary N) is 1. The molecular formula is C14H23FN2O. The van der Waals surface area contributed by atoms with Gasteiger partial charge in [0.1, 0.15) is 6.67 Å². The quantitative estimate of drug-likeness (QED) is 0.288. The molecule has 0 rings (SSSR count). The minimum absolute atomic E-state index is 0.439. The van der Waals surface area contributed by atoms with Gasteiger partial charge in [-0.3, -0.25) is 5.84 Å². The van der Waals surface area contributed by atoms with E-state index in [4.69, 9.17) is 10.6 Å². The fraction of sp³-hybridized carbons (Fsp3) is 0.429. The van der Waals surface area contributed by atoms with Gasteiger partial charge in [-0.15, -0.1) is 0 Å². The van der Waals surface area contributed by atoms with E-state index < -0.39 is 6.67 Å². The average molecular weight is 254 g/mol. The number of hydrazine groups is 1. The molecule has 0 bridgehead atoms. The highest BCUT2D eigenvalue weighted by Gasteiger charge is 1.95. The van der Waals surface area contributed by atoms with Crippen LogP contribution in [0.2, 0.25) is 0 Å². The van der Waals surface area contributed by atoms with Crippen LogP contribution >= 0.6 is 0 Å². The second-order valence-electron chi connectivity index (χ2n) is 3.61. The van der Waals surface area contributed by atoms with E-state index in [0.29, 0.717) is 13.2 Å². The van der Waals surface area contributed by atoms with Crippen LogP contribution in [0, 0.1) is 0 Å². The van der Waals surface area contributed by atoms with E-state index in [1.807, 2.05) is 25.2 Å². The first kappa shape index (κ1) is 16.6. The molecule has 0 aromatic carbocycles. The van der Waals surface area contributed by atoms with Gasteiger partial charge in [0.15, 0.2) is 0 Å². The molecule has 3 nitrogen and oxygen atoms in total. The fourth-order valence-corrected chi connectivity index (χ4v) is 1.23. The topological polar surface area (TPSA) is 47.3 Å². The molecular weight excluding hydrogens is 231 g/mol. The van der Waals surface area contributed by atoms with Crippen molar-refractivity contribution < 1.29 is 9.13 Å². The van der Waals surface area contributed by atoms with E-state index in [1.165, 1.54) is 6.08 Å². The molecule has 102 valence electrons. The molecule has 0 aromatic rings. The van der Waals surface area contributed by atoms with Crippen molar-refractivity contribution in [2.45, 2.75) is 20.3 Å². The number of allylic oxidation sites excluding steroid dienone is 5. The zero-order valence-corrected chi connectivity index (χ0v) is 11.2. The van der Waals surface area contributed by atoms with Crippen LogP contribution in [-0.2, 0) is 4.74 Å². The summed E-state index contributed by atoms with van der Waals surface area (Å²) < 4.78 is 17.1. The number of nitrogens with two attached hydrogens (primary N) is 1. The van der Waals surface area contributed by atoms with Crippen LogP contribution in [0.1, 0.15) is 20.3 Å². The minimum Gasteiger partial charge on any atom is -0.373 e. The molecule has 0 aliphatic heterocycles. The molecule has 3 N–H and O–H groups in total. The Labute approximate surface area is 109 Å². The Hall–Kier alpha value is -1.39. The summed E-state index contributed by atoms with van der Waals surface area (Å²) in [5.41, 5.74) is 4.63. The third-order valence-electron chi connectivity index (χ3n) is 2.18. The molecule has 0 aliphatic carbocycles. The molecule has 0 unspecified atom stereocenters. The maximum atomic E-state index is 11.7. The highest BCUT2D eigenvalue weighted by atomic mass is 19.1. The standard InChI is InChI=1S/C14H23FN2O/c1-3-8-14(17-16)13(2)9-12-18-11-7-5-4-6-10-15/h4-9,17H,3,10-12,16H2,1-2H3/b6-4-,7-5-,13-9-,14-8+. The zero-order chi connectivity index (χ0) is 13.6. The van der Waals surface area contributed by atoms with Crippen molar-refractivity contribution >= 4 is 0 Å². The van der Waals surface area contributed by atoms with Crippen molar-refractivity contribution in [3.63, 3.8) is 0 Å². The smallest absolute Gasteiger partial charge is 0.108 e. The van der Waals surface area contributed by atoms with E-state index >= 15 is 0 Å². The molecule has 0 saturated heterocycles. The number of rotatable bonds is 9. The van der Waals surface area contributed by atoms with Crippen molar-refractivity contribution in [3.8, 4) is 0 Å². The van der Waals surface area contributed by atoms with E-state index in [0.717, 1.165) is 17.7 Å². The van der Waals surface area contributed by atoms with Crippen molar-refractivity contribution in [3.05, 3.63) is 47.7 Å². The van der Waals surface area contributed by atoms with Crippen LogP contribution in [0.25, 0.3) is 0 Å². The molecule has 0 amide bonds. The molecule has 0 aromatic heterocycles. The molecule has 0 radical (unpaired) electrons. The van der Waals surface area contributed by atoms with Gasteiger partial charge >= 0.3 is 0 Å². The Kier molecular flexibility index (Phi) is 11.1. The maximum Gasteiger partial charge on any atom is 0.108 e. The fourth-order valence-electron chi connectivity index (χ4n) is 1.23. The first-order valence-corrected chi connectivity index (χ1v) is 6.05. The van der Waals surface area contributed by atoms with Gasteiger partial charge in [-0.25, -0.2) is 4.39 Å². The third kappa shape index (κ3) is 8.73. The molecule has 4 heteroatoms. The lowest BCUT2D eigenvalue weighted by Gasteiger charge is -2.06. The van der Waals surface area contributed by atoms with E-state index in [2.05, 4.69) is 12.3 Å². The summed E-state index contributed by atoms with van der Waals surface area (Å²) in [7, 11) is 0. The molecule has 0 aliphatic rings. The molecule has 0 atom stereocenters. The van der Waals surface area contributed by atoms with Crippen LogP contribution < -0.4 is 11.3 Å². The van der Waals surface area contributed by atoms with Crippen LogP contribution in [0.15, 0.2) is 47.7 Å². The molecule has 0 spiro atoms. The van der Waals surface area contributed by atoms with Crippen LogP contribution in [0.4, 0.5) is 4.39 Å². The number of hydrogen-bond donors (Lipinski definition) is 2. The monoisotopic (exact) mass is 254 g/mol. The second kappa shape index (κ2) is 12.1. The van der Waals surface area contributed by atoms with E-state index in [1.54, 1.807) is 12.2 Å². The summed E-state index contributed by atoms with van der Waals surface area (Å²) in [6.07, 6.45) is 11.6. The Morgan fingerprint density at radius 2 is 1.94 bits per heavy atom. The normalized spacial score (nSPS) is 13.8. The average Bonchev–Trinajstić information content (AvgIpc) is 2.38. The Morgan fingerprint density at radius 3 is 2.56 bits per heavy atom. The summed E-state index contributed by atoms with van der Waals surface area (Å²) in [5.74, 6) is 5.41. The Morgan fingerprint density at radius 1 is 1.22 bits per heavy atom. The van der Waals surface area contributed by atoms with E-state index in [9.17, 15) is 4.39 Å². The summed E-state index contributed by atoms with van der Waals surface area (Å²) >= 11 is 0. The van der Waals surface area contributed by atoms with Crippen molar-refractivity contribution in [2.24, 2.45) is 5.84 Å². The van der Waals surface area contributed by atoms with Gasteiger partial charge in [0.05, 0.1) is 13.2 Å². The summed E-state index contributed by atoms with van der Waals surface area (Å²) in [6.45, 7) is 4.61. The van der Waals surface area contributed by atoms with Gasteiger partial charge in [-0.05, 0) is 18.9 Å². The third-order valence-corrected chi connectivity index (χ3v) is 2.18. The Balaban J connectivity index is 3.91. The van der Waals surface area contributed by atoms with Crippen LogP contribution in [0.5, 0.6) is 0 Å². The predicted molar refractivity (Wildman–Crippen MR) is 74.5 cm³/mol. The van der Waals surface area contributed by atoms with Gasteiger partial charge in [-0.1, -0.05) is 43.4 Å². The predicted octanol–water partition coefficient (Wildman–Crippen LogP) is 2.79. The van der Waals surface area contributed by atoms with Gasteiger partial charge in [0, 0.05) is 5.70 Å². The highest BCUT2D eigenvalue weighted by molar-refractivity contribution is 5.26. The van der Waals surface area contributed by atoms with Gasteiger partial charge in [-0.2, -0.15) is 0 Å². The van der Waals surface area contributed by atoms with Gasteiger partial charge < -0.3 is 10.2 Å². The maximum absolute atomic E-state index is 11.7. The summed E-state index contributed by atoms with van der Waals surface area (Å²) in [5, 5.41) is 0. The van der Waals surface area contributed by atoms with Gasteiger partial charge in [0.25, 0.3) is 0 Å². The molecule has 18 heavy (non-hydrogen) atoms. The van der Waals surface area contributed by atoms with Crippen LogP contribution in [0.3, 0.4) is 0 Å². The van der Waals surface area contributed by atoms with Crippen molar-refractivity contribution in [1.82, 2.24) is 5.43 Å². The summed E-state index contributed by atoms with van der Waals surface area (Å²) in [4.78, 5) is 0. The van der Waals surface area contributed by atoms with Gasteiger partial charge in [0.2, 0.25) is 0 Å². The van der Waals surface area contributed by atoms with E-state index in [-0.39, 0.29) is 0 Å². The van der Waals surface area contributed by atoms with Crippen molar-refractivity contribution in [2.75, 3.05) is 19.9 Å². The first-order valence-electron chi connectivity index (χ1n) is 6.05. The number of alkyl halides is 1. The largest absolute Gasteiger partial charge is 0.373 e.